The summed E-state index contributed by atoms with van der Waals surface area (Å²) in [5, 5.41) is 15.5. The maximum Gasteiger partial charge on any atom is 0.136 e. The average molecular weight is 370 g/mol. The standard InChI is InChI=1S/C19H13ClFN3S/c1-12-2-7-16(8-17(12)21)23-10-14(9-22)19-24-18(11-25-19)13-3-5-15(20)6-4-13/h2-8,10-11,23H,1H3/b14-10-. The minimum Gasteiger partial charge on any atom is -0.360 e. The van der Waals surface area contributed by atoms with E-state index < -0.39 is 0 Å². The molecule has 0 aliphatic carbocycles. The molecule has 124 valence electrons. The number of nitriles is 1. The smallest absolute Gasteiger partial charge is 0.136 e. The van der Waals surface area contributed by atoms with Gasteiger partial charge in [-0.25, -0.2) is 9.37 Å². The molecule has 0 saturated carbocycles. The Hall–Kier alpha value is -2.68. The maximum absolute atomic E-state index is 13.6. The molecule has 0 aliphatic rings. The van der Waals surface area contributed by atoms with Crippen LogP contribution in [0.1, 0.15) is 10.6 Å². The normalized spacial score (nSPS) is 11.2. The van der Waals surface area contributed by atoms with Crippen molar-refractivity contribution in [1.29, 1.82) is 5.26 Å². The third kappa shape index (κ3) is 4.05. The molecule has 0 amide bonds. The summed E-state index contributed by atoms with van der Waals surface area (Å²) >= 11 is 7.27. The van der Waals surface area contributed by atoms with Gasteiger partial charge in [-0.15, -0.1) is 11.3 Å². The molecule has 0 bridgehead atoms. The van der Waals surface area contributed by atoms with Crippen molar-refractivity contribution < 1.29 is 4.39 Å². The first-order valence-corrected chi connectivity index (χ1v) is 8.67. The summed E-state index contributed by atoms with van der Waals surface area (Å²) in [7, 11) is 0. The minimum atomic E-state index is -0.295. The van der Waals surface area contributed by atoms with Crippen molar-refractivity contribution in [1.82, 2.24) is 4.98 Å². The zero-order chi connectivity index (χ0) is 17.8. The number of halogens is 2. The van der Waals surface area contributed by atoms with Crippen LogP contribution < -0.4 is 5.32 Å². The number of aryl methyl sites for hydroxylation is 1. The van der Waals surface area contributed by atoms with Gasteiger partial charge in [0.25, 0.3) is 0 Å². The average Bonchev–Trinajstić information content (AvgIpc) is 3.09. The van der Waals surface area contributed by atoms with Crippen molar-refractivity contribution in [2.75, 3.05) is 5.32 Å². The van der Waals surface area contributed by atoms with Gasteiger partial charge in [0, 0.05) is 27.9 Å². The maximum atomic E-state index is 13.6. The second kappa shape index (κ2) is 7.47. The highest BCUT2D eigenvalue weighted by molar-refractivity contribution is 7.11. The second-order valence-electron chi connectivity index (χ2n) is 5.32. The predicted octanol–water partition coefficient (Wildman–Crippen LogP) is 5.89. The van der Waals surface area contributed by atoms with Crippen LogP contribution in [0.2, 0.25) is 5.02 Å². The van der Waals surface area contributed by atoms with Gasteiger partial charge in [0.15, 0.2) is 0 Å². The molecule has 0 radical (unpaired) electrons. The Morgan fingerprint density at radius 2 is 2.04 bits per heavy atom. The molecule has 0 unspecified atom stereocenters. The first kappa shape index (κ1) is 17.2. The van der Waals surface area contributed by atoms with E-state index in [9.17, 15) is 9.65 Å². The third-order valence-corrected chi connectivity index (χ3v) is 4.68. The lowest BCUT2D eigenvalue weighted by molar-refractivity contribution is 0.619. The van der Waals surface area contributed by atoms with Gasteiger partial charge in [-0.3, -0.25) is 0 Å². The Labute approximate surface area is 154 Å². The number of nitrogens with zero attached hydrogens (tertiary/aromatic N) is 2. The molecule has 1 heterocycles. The molecular formula is C19H13ClFN3S. The molecular weight excluding hydrogens is 357 g/mol. The van der Waals surface area contributed by atoms with Gasteiger partial charge in [-0.1, -0.05) is 29.8 Å². The fraction of sp³-hybridized carbons (Fsp3) is 0.0526. The summed E-state index contributed by atoms with van der Waals surface area (Å²) in [5.74, 6) is -0.295. The first-order valence-electron chi connectivity index (χ1n) is 7.41. The lowest BCUT2D eigenvalue weighted by atomic mass is 10.2. The number of benzene rings is 2. The van der Waals surface area contributed by atoms with E-state index in [0.717, 1.165) is 11.3 Å². The second-order valence-corrected chi connectivity index (χ2v) is 6.62. The van der Waals surface area contributed by atoms with E-state index in [1.165, 1.54) is 23.6 Å². The Morgan fingerprint density at radius 1 is 1.28 bits per heavy atom. The minimum absolute atomic E-state index is 0.295. The van der Waals surface area contributed by atoms with Crippen LogP contribution in [-0.2, 0) is 0 Å². The zero-order valence-electron chi connectivity index (χ0n) is 13.3. The quantitative estimate of drug-likeness (QED) is 0.583. The highest BCUT2D eigenvalue weighted by atomic mass is 35.5. The molecule has 2 aromatic carbocycles. The number of allylic oxidation sites excluding steroid dienone is 1. The number of anilines is 1. The summed E-state index contributed by atoms with van der Waals surface area (Å²) in [4.78, 5) is 4.50. The van der Waals surface area contributed by atoms with Gasteiger partial charge in [0.2, 0.25) is 0 Å². The Kier molecular flexibility index (Phi) is 5.13. The fourth-order valence-electron chi connectivity index (χ4n) is 2.13. The van der Waals surface area contributed by atoms with Gasteiger partial charge < -0.3 is 5.32 Å². The number of hydrogen-bond acceptors (Lipinski definition) is 4. The SMILES string of the molecule is Cc1ccc(N/C=C(/C#N)c2nc(-c3ccc(Cl)cc3)cs2)cc1F. The highest BCUT2D eigenvalue weighted by Gasteiger charge is 2.09. The molecule has 0 atom stereocenters. The first-order chi connectivity index (χ1) is 12.1. The van der Waals surface area contributed by atoms with E-state index in [2.05, 4.69) is 16.4 Å². The van der Waals surface area contributed by atoms with Crippen molar-refractivity contribution in [3.05, 3.63) is 75.5 Å². The van der Waals surface area contributed by atoms with Gasteiger partial charge in [0.05, 0.1) is 5.69 Å². The van der Waals surface area contributed by atoms with Crippen LogP contribution in [0, 0.1) is 24.1 Å². The van der Waals surface area contributed by atoms with Gasteiger partial charge in [-0.2, -0.15) is 5.26 Å². The number of hydrogen-bond donors (Lipinski definition) is 1. The van der Waals surface area contributed by atoms with E-state index in [-0.39, 0.29) is 5.82 Å². The van der Waals surface area contributed by atoms with Gasteiger partial charge in [0.1, 0.15) is 22.5 Å². The summed E-state index contributed by atoms with van der Waals surface area (Å²) in [6.45, 7) is 1.70. The van der Waals surface area contributed by atoms with Crippen LogP contribution >= 0.6 is 22.9 Å². The molecule has 0 aliphatic heterocycles. The molecule has 0 saturated heterocycles. The monoisotopic (exact) mass is 369 g/mol. The van der Waals surface area contributed by atoms with Gasteiger partial charge >= 0.3 is 0 Å². The molecule has 6 heteroatoms. The van der Waals surface area contributed by atoms with Crippen LogP contribution in [0.3, 0.4) is 0 Å². The predicted molar refractivity (Wildman–Crippen MR) is 101 cm³/mol. The van der Waals surface area contributed by atoms with E-state index in [1.54, 1.807) is 31.2 Å². The van der Waals surface area contributed by atoms with E-state index >= 15 is 0 Å². The molecule has 3 nitrogen and oxygen atoms in total. The molecule has 1 N–H and O–H groups in total. The van der Waals surface area contributed by atoms with Crippen LogP contribution in [0.4, 0.5) is 10.1 Å². The van der Waals surface area contributed by atoms with Crippen LogP contribution in [0.15, 0.2) is 54.0 Å². The topological polar surface area (TPSA) is 48.7 Å². The van der Waals surface area contributed by atoms with Gasteiger partial charge in [-0.05, 0) is 36.8 Å². The summed E-state index contributed by atoms with van der Waals surface area (Å²) in [6, 6.07) is 14.3. The molecule has 0 fully saturated rings. The Bertz CT molecular complexity index is 971. The zero-order valence-corrected chi connectivity index (χ0v) is 14.8. The van der Waals surface area contributed by atoms with Crippen molar-refractivity contribution in [3.8, 4) is 17.3 Å². The molecule has 1 aromatic heterocycles. The highest BCUT2D eigenvalue weighted by Crippen LogP contribution is 2.27. The van der Waals surface area contributed by atoms with Crippen LogP contribution in [0.25, 0.3) is 16.8 Å². The lowest BCUT2D eigenvalue weighted by Gasteiger charge is -2.03. The summed E-state index contributed by atoms with van der Waals surface area (Å²) in [5.41, 5.74) is 3.23. The Morgan fingerprint density at radius 3 is 2.72 bits per heavy atom. The third-order valence-electron chi connectivity index (χ3n) is 3.55. The lowest BCUT2D eigenvalue weighted by Crippen LogP contribution is -1.93. The molecule has 3 rings (SSSR count). The number of aromatic nitrogens is 1. The van der Waals surface area contributed by atoms with Crippen LogP contribution in [0.5, 0.6) is 0 Å². The number of thiazole rings is 1. The number of nitrogens with one attached hydrogen (secondary N) is 1. The van der Waals surface area contributed by atoms with E-state index in [1.807, 2.05) is 17.5 Å². The van der Waals surface area contributed by atoms with Crippen molar-refractivity contribution in [3.63, 3.8) is 0 Å². The molecule has 25 heavy (non-hydrogen) atoms. The molecule has 3 aromatic rings. The van der Waals surface area contributed by atoms with Crippen LogP contribution in [-0.4, -0.2) is 4.98 Å². The Balaban J connectivity index is 1.82. The molecule has 0 spiro atoms. The van der Waals surface area contributed by atoms with E-state index in [4.69, 9.17) is 11.6 Å². The number of rotatable bonds is 4. The van der Waals surface area contributed by atoms with Crippen molar-refractivity contribution in [2.45, 2.75) is 6.92 Å². The van der Waals surface area contributed by atoms with E-state index in [0.29, 0.717) is 26.9 Å². The van der Waals surface area contributed by atoms with Crippen molar-refractivity contribution in [2.24, 2.45) is 0 Å². The fourth-order valence-corrected chi connectivity index (χ4v) is 3.05. The van der Waals surface area contributed by atoms with Crippen molar-refractivity contribution >= 4 is 34.2 Å². The summed E-state index contributed by atoms with van der Waals surface area (Å²) in [6.07, 6.45) is 1.54. The largest absolute Gasteiger partial charge is 0.360 e. The summed E-state index contributed by atoms with van der Waals surface area (Å²) < 4.78 is 13.6.